The molecule has 18 heavy (non-hydrogen) atoms. The average molecular weight is 246 g/mol. The number of aromatic nitrogens is 3. The largest absolute Gasteiger partial charge is 0.481 e. The molecule has 2 N–H and O–H groups in total. The van der Waals surface area contributed by atoms with E-state index in [1.165, 1.54) is 5.56 Å². The van der Waals surface area contributed by atoms with E-state index in [1.54, 1.807) is 13.3 Å². The quantitative estimate of drug-likeness (QED) is 0.843. The van der Waals surface area contributed by atoms with Crippen molar-refractivity contribution < 1.29 is 4.74 Å². The fourth-order valence-corrected chi connectivity index (χ4v) is 1.84. The van der Waals surface area contributed by atoms with Gasteiger partial charge in [-0.3, -0.25) is 5.10 Å². The van der Waals surface area contributed by atoms with Crippen LogP contribution in [0.25, 0.3) is 0 Å². The van der Waals surface area contributed by atoms with E-state index in [4.69, 9.17) is 4.74 Å². The van der Waals surface area contributed by atoms with Gasteiger partial charge in [0, 0.05) is 36.6 Å². The number of pyridine rings is 1. The van der Waals surface area contributed by atoms with Crippen molar-refractivity contribution >= 4 is 0 Å². The second-order valence-electron chi connectivity index (χ2n) is 4.22. The van der Waals surface area contributed by atoms with E-state index in [0.29, 0.717) is 5.88 Å². The Bertz CT molecular complexity index is 502. The van der Waals surface area contributed by atoms with Crippen LogP contribution in [-0.2, 0) is 13.1 Å². The summed E-state index contributed by atoms with van der Waals surface area (Å²) in [6, 6.07) is 3.91. The third kappa shape index (κ3) is 2.87. The average Bonchev–Trinajstić information content (AvgIpc) is 2.70. The van der Waals surface area contributed by atoms with E-state index in [-0.39, 0.29) is 0 Å². The van der Waals surface area contributed by atoms with E-state index in [9.17, 15) is 0 Å². The molecule has 2 heterocycles. The highest BCUT2D eigenvalue weighted by molar-refractivity contribution is 5.23. The number of aryl methyl sites for hydroxylation is 2. The number of rotatable bonds is 5. The first-order valence-electron chi connectivity index (χ1n) is 5.90. The Morgan fingerprint density at radius 1 is 1.33 bits per heavy atom. The first kappa shape index (κ1) is 12.6. The summed E-state index contributed by atoms with van der Waals surface area (Å²) in [4.78, 5) is 4.08. The fraction of sp³-hybridized carbons (Fsp3) is 0.385. The minimum absolute atomic E-state index is 0.643. The molecular weight excluding hydrogens is 228 g/mol. The molecule has 0 saturated heterocycles. The van der Waals surface area contributed by atoms with Crippen molar-refractivity contribution in [1.29, 1.82) is 0 Å². The highest BCUT2D eigenvalue weighted by Gasteiger charge is 2.05. The van der Waals surface area contributed by atoms with Crippen LogP contribution >= 0.6 is 0 Å². The smallest absolute Gasteiger partial charge is 0.213 e. The van der Waals surface area contributed by atoms with Crippen molar-refractivity contribution in [3.63, 3.8) is 0 Å². The first-order chi connectivity index (χ1) is 8.70. The summed E-state index contributed by atoms with van der Waals surface area (Å²) in [7, 11) is 1.62. The Hall–Kier alpha value is -1.88. The van der Waals surface area contributed by atoms with Gasteiger partial charge >= 0.3 is 0 Å². The Morgan fingerprint density at radius 3 is 2.83 bits per heavy atom. The molecule has 0 unspecified atom stereocenters. The highest BCUT2D eigenvalue weighted by Crippen LogP contribution is 2.10. The van der Waals surface area contributed by atoms with Crippen LogP contribution in [0.1, 0.15) is 22.5 Å². The molecule has 0 spiro atoms. The number of methoxy groups -OCH3 is 1. The van der Waals surface area contributed by atoms with Crippen molar-refractivity contribution in [3.05, 3.63) is 40.8 Å². The minimum atomic E-state index is 0.643. The summed E-state index contributed by atoms with van der Waals surface area (Å²) in [5, 5.41) is 10.6. The SMILES string of the molecule is COc1cc(CNCc2c(C)n[nH]c2C)ccn1. The van der Waals surface area contributed by atoms with Gasteiger partial charge in [0.1, 0.15) is 0 Å². The van der Waals surface area contributed by atoms with Crippen LogP contribution in [0.5, 0.6) is 5.88 Å². The topological polar surface area (TPSA) is 62.8 Å². The molecule has 5 nitrogen and oxygen atoms in total. The lowest BCUT2D eigenvalue weighted by Crippen LogP contribution is -2.13. The zero-order valence-electron chi connectivity index (χ0n) is 10.9. The molecule has 2 aromatic rings. The van der Waals surface area contributed by atoms with Crippen LogP contribution in [0.15, 0.2) is 18.3 Å². The first-order valence-corrected chi connectivity index (χ1v) is 5.90. The molecule has 5 heteroatoms. The molecule has 0 radical (unpaired) electrons. The molecule has 2 aromatic heterocycles. The number of hydrogen-bond acceptors (Lipinski definition) is 4. The van der Waals surface area contributed by atoms with Crippen molar-refractivity contribution in [2.24, 2.45) is 0 Å². The molecule has 0 aliphatic heterocycles. The van der Waals surface area contributed by atoms with Gasteiger partial charge in [-0.25, -0.2) is 4.98 Å². The molecule has 2 rings (SSSR count). The Kier molecular flexibility index (Phi) is 3.94. The number of hydrogen-bond donors (Lipinski definition) is 2. The van der Waals surface area contributed by atoms with Crippen LogP contribution < -0.4 is 10.1 Å². The molecule has 0 fully saturated rings. The van der Waals surface area contributed by atoms with E-state index in [0.717, 1.165) is 30.0 Å². The molecule has 0 atom stereocenters. The van der Waals surface area contributed by atoms with E-state index < -0.39 is 0 Å². The maximum atomic E-state index is 5.09. The van der Waals surface area contributed by atoms with Crippen molar-refractivity contribution in [2.45, 2.75) is 26.9 Å². The summed E-state index contributed by atoms with van der Waals surface area (Å²) >= 11 is 0. The second kappa shape index (κ2) is 5.64. The molecule has 0 aliphatic rings. The lowest BCUT2D eigenvalue weighted by atomic mass is 10.2. The lowest BCUT2D eigenvalue weighted by Gasteiger charge is -2.06. The van der Waals surface area contributed by atoms with E-state index in [1.807, 2.05) is 26.0 Å². The van der Waals surface area contributed by atoms with Gasteiger partial charge in [-0.1, -0.05) is 0 Å². The summed E-state index contributed by atoms with van der Waals surface area (Å²) in [5.41, 5.74) is 4.55. The van der Waals surface area contributed by atoms with Crippen molar-refractivity contribution in [2.75, 3.05) is 7.11 Å². The van der Waals surface area contributed by atoms with Gasteiger partial charge < -0.3 is 10.1 Å². The van der Waals surface area contributed by atoms with Gasteiger partial charge in [-0.15, -0.1) is 0 Å². The van der Waals surface area contributed by atoms with Gasteiger partial charge in [0.15, 0.2) is 0 Å². The Balaban J connectivity index is 1.92. The van der Waals surface area contributed by atoms with Crippen molar-refractivity contribution in [3.8, 4) is 5.88 Å². The van der Waals surface area contributed by atoms with E-state index in [2.05, 4.69) is 20.5 Å². The van der Waals surface area contributed by atoms with E-state index >= 15 is 0 Å². The maximum Gasteiger partial charge on any atom is 0.213 e. The normalized spacial score (nSPS) is 10.6. The maximum absolute atomic E-state index is 5.09. The van der Waals surface area contributed by atoms with Crippen LogP contribution in [0.2, 0.25) is 0 Å². The molecule has 0 bridgehead atoms. The lowest BCUT2D eigenvalue weighted by molar-refractivity contribution is 0.397. The number of nitrogens with one attached hydrogen (secondary N) is 2. The third-order valence-electron chi connectivity index (χ3n) is 2.92. The van der Waals surface area contributed by atoms with Crippen LogP contribution in [-0.4, -0.2) is 22.3 Å². The van der Waals surface area contributed by atoms with Crippen molar-refractivity contribution in [1.82, 2.24) is 20.5 Å². The number of nitrogens with zero attached hydrogens (tertiary/aromatic N) is 2. The van der Waals surface area contributed by atoms with Gasteiger partial charge in [-0.05, 0) is 25.5 Å². The summed E-state index contributed by atoms with van der Waals surface area (Å²) in [6.07, 6.45) is 1.75. The van der Waals surface area contributed by atoms with Gasteiger partial charge in [0.2, 0.25) is 5.88 Å². The second-order valence-corrected chi connectivity index (χ2v) is 4.22. The molecular formula is C13H18N4O. The Labute approximate surface area is 107 Å². The van der Waals surface area contributed by atoms with Crippen LogP contribution in [0, 0.1) is 13.8 Å². The van der Waals surface area contributed by atoms with Gasteiger partial charge in [-0.2, -0.15) is 5.10 Å². The standard InChI is InChI=1S/C13H18N4O/c1-9-12(10(2)17-16-9)8-14-7-11-4-5-15-13(6-11)18-3/h4-6,14H,7-8H2,1-3H3,(H,16,17). The molecule has 0 amide bonds. The molecule has 0 saturated carbocycles. The number of aromatic amines is 1. The van der Waals surface area contributed by atoms with Gasteiger partial charge in [0.05, 0.1) is 12.8 Å². The zero-order chi connectivity index (χ0) is 13.0. The molecule has 96 valence electrons. The predicted octanol–water partition coefficient (Wildman–Crippen LogP) is 1.72. The molecule has 0 aliphatic carbocycles. The van der Waals surface area contributed by atoms with Crippen LogP contribution in [0.4, 0.5) is 0 Å². The number of H-pyrrole nitrogens is 1. The summed E-state index contributed by atoms with van der Waals surface area (Å²) in [5.74, 6) is 0.643. The summed E-state index contributed by atoms with van der Waals surface area (Å²) in [6.45, 7) is 5.63. The number of ether oxygens (including phenoxy) is 1. The summed E-state index contributed by atoms with van der Waals surface area (Å²) < 4.78 is 5.09. The predicted molar refractivity (Wildman–Crippen MR) is 69.4 cm³/mol. The third-order valence-corrected chi connectivity index (χ3v) is 2.92. The van der Waals surface area contributed by atoms with Gasteiger partial charge in [0.25, 0.3) is 0 Å². The molecule has 0 aromatic carbocycles. The Morgan fingerprint density at radius 2 is 2.17 bits per heavy atom. The highest BCUT2D eigenvalue weighted by atomic mass is 16.5. The zero-order valence-corrected chi connectivity index (χ0v) is 10.9. The van der Waals surface area contributed by atoms with Crippen LogP contribution in [0.3, 0.4) is 0 Å². The minimum Gasteiger partial charge on any atom is -0.481 e. The monoisotopic (exact) mass is 246 g/mol. The fourth-order valence-electron chi connectivity index (χ4n) is 1.84.